The Morgan fingerprint density at radius 1 is 0.733 bits per heavy atom. The normalized spacial score (nSPS) is 19.4. The average molecular weight is 886 g/mol. The van der Waals surface area contributed by atoms with E-state index in [2.05, 4.69) is 73.0 Å². The Morgan fingerprint density at radius 3 is 1.73 bits per heavy atom. The maximum Gasteiger partial charge on any atom is 0.246 e. The summed E-state index contributed by atoms with van der Waals surface area (Å²) in [4.78, 5) is 52.7. The first kappa shape index (κ1) is 42.3. The van der Waals surface area contributed by atoms with Crippen LogP contribution >= 0.6 is 15.9 Å². The predicted octanol–water partition coefficient (Wildman–Crippen LogP) is 3.84. The minimum absolute atomic E-state index is 0.0398. The Labute approximate surface area is 355 Å². The van der Waals surface area contributed by atoms with E-state index in [1.807, 2.05) is 39.7 Å². The van der Waals surface area contributed by atoms with Crippen molar-refractivity contribution in [2.24, 2.45) is 0 Å². The quantitative estimate of drug-likeness (QED) is 0.173. The number of anilines is 3. The zero-order valence-electron chi connectivity index (χ0n) is 34.3. The monoisotopic (exact) mass is 884 g/mol. The highest BCUT2D eigenvalue weighted by atomic mass is 79.9. The Balaban J connectivity index is 0.000000137. The van der Waals surface area contributed by atoms with Gasteiger partial charge in [0, 0.05) is 39.1 Å². The van der Waals surface area contributed by atoms with E-state index in [-0.39, 0.29) is 23.9 Å². The van der Waals surface area contributed by atoms with Crippen LogP contribution in [0.15, 0.2) is 36.2 Å². The molecule has 3 saturated heterocycles. The maximum atomic E-state index is 12.1. The summed E-state index contributed by atoms with van der Waals surface area (Å²) in [7, 11) is 0. The first-order valence-corrected chi connectivity index (χ1v) is 21.2. The van der Waals surface area contributed by atoms with Gasteiger partial charge in [-0.25, -0.2) is 43.9 Å². The molecule has 0 unspecified atom stereocenters. The van der Waals surface area contributed by atoms with Gasteiger partial charge in [-0.15, -0.1) is 0 Å². The summed E-state index contributed by atoms with van der Waals surface area (Å²) in [5.41, 5.74) is 21.7. The molecule has 7 N–H and O–H groups in total. The number of nitrogens with two attached hydrogens (primary N) is 3. The molecule has 6 aromatic rings. The number of halogens is 1. The van der Waals surface area contributed by atoms with Crippen molar-refractivity contribution >= 4 is 78.3 Å². The van der Waals surface area contributed by atoms with E-state index in [1.54, 1.807) is 4.90 Å². The first-order chi connectivity index (χ1) is 29.0. The summed E-state index contributed by atoms with van der Waals surface area (Å²) in [5, 5.41) is 19.4. The largest absolute Gasteiger partial charge is 0.383 e. The lowest BCUT2D eigenvalue weighted by molar-refractivity contribution is -0.133. The van der Waals surface area contributed by atoms with E-state index in [4.69, 9.17) is 17.2 Å². The van der Waals surface area contributed by atoms with Crippen LogP contribution in [0.25, 0.3) is 33.1 Å². The van der Waals surface area contributed by atoms with Crippen molar-refractivity contribution in [3.05, 3.63) is 47.6 Å². The molecule has 6 aromatic heterocycles. The van der Waals surface area contributed by atoms with Crippen molar-refractivity contribution < 1.29 is 9.59 Å². The first-order valence-electron chi connectivity index (χ1n) is 20.4. The molecule has 0 aliphatic carbocycles. The molecule has 0 radical (unpaired) electrons. The van der Waals surface area contributed by atoms with Crippen LogP contribution in [0.3, 0.4) is 0 Å². The molecule has 9 heterocycles. The molecule has 318 valence electrons. The number of hydrogen-bond acceptors (Lipinski definition) is 15. The summed E-state index contributed by atoms with van der Waals surface area (Å²) < 4.78 is 6.47. The highest BCUT2D eigenvalue weighted by Gasteiger charge is 2.29. The SMILES string of the molecule is C=CC(=O)N1CCC[C@@H](n2nc(C)c3c(N)ncnc32)C1.CCCC(=O)N1CCC[C@@H](n2nc(C)c3c(N)ncnc32)C1.Nc1ncnc2c1c(Br)nn2[C@@H]1CCCNC1. The van der Waals surface area contributed by atoms with Gasteiger partial charge in [0.25, 0.3) is 0 Å². The van der Waals surface area contributed by atoms with Gasteiger partial charge < -0.3 is 32.3 Å². The third-order valence-electron chi connectivity index (χ3n) is 11.3. The molecular weight excluding hydrogens is 832 g/mol. The Hall–Kier alpha value is -5.83. The van der Waals surface area contributed by atoms with Crippen LogP contribution in [0.4, 0.5) is 17.5 Å². The van der Waals surface area contributed by atoms with Crippen LogP contribution in [0.2, 0.25) is 0 Å². The Morgan fingerprint density at radius 2 is 1.22 bits per heavy atom. The van der Waals surface area contributed by atoms with Gasteiger partial charge in [-0.2, -0.15) is 15.3 Å². The van der Waals surface area contributed by atoms with Crippen LogP contribution in [-0.2, 0) is 9.59 Å². The Bertz CT molecular complexity index is 2490. The summed E-state index contributed by atoms with van der Waals surface area (Å²) in [5.74, 6) is 1.57. The van der Waals surface area contributed by atoms with Crippen LogP contribution < -0.4 is 22.5 Å². The molecule has 3 atom stereocenters. The van der Waals surface area contributed by atoms with Crippen molar-refractivity contribution in [2.45, 2.75) is 90.3 Å². The lowest BCUT2D eigenvalue weighted by atomic mass is 10.1. The van der Waals surface area contributed by atoms with Crippen molar-refractivity contribution in [1.29, 1.82) is 0 Å². The van der Waals surface area contributed by atoms with Crippen LogP contribution in [-0.4, -0.2) is 120 Å². The number of aromatic nitrogens is 12. The number of likely N-dealkylation sites (tertiary alicyclic amines) is 2. The second-order valence-corrected chi connectivity index (χ2v) is 16.1. The molecule has 2 amide bonds. The fourth-order valence-electron chi connectivity index (χ4n) is 8.33. The second-order valence-electron chi connectivity index (χ2n) is 15.3. The number of rotatable bonds is 6. The van der Waals surface area contributed by atoms with Gasteiger partial charge in [0.05, 0.1) is 45.7 Å². The lowest BCUT2D eigenvalue weighted by Crippen LogP contribution is -2.40. The second kappa shape index (κ2) is 18.6. The number of aryl methyl sites for hydroxylation is 2. The average Bonchev–Trinajstić information content (AvgIpc) is 3.92. The van der Waals surface area contributed by atoms with Gasteiger partial charge in [-0.1, -0.05) is 13.5 Å². The van der Waals surface area contributed by atoms with Gasteiger partial charge >= 0.3 is 0 Å². The molecule has 21 heteroatoms. The standard InChI is InChI=1S/C15H22N6O.C14H18N6O.C10H13BrN6/c1-3-5-12(22)20-7-4-6-11(8-20)21-15-13(10(2)19-21)14(16)17-9-18-15;1-3-11(21)19-6-4-5-10(7-19)20-14-12(9(2)18-20)13(15)16-8-17-14;11-8-7-9(12)14-5-15-10(7)17(16-8)6-2-1-3-13-4-6/h9,11H,3-8H2,1-2H3,(H2,16,17,18);3,8,10H,1,4-7H2,2H3,(H2,15,16,17);5-6,13H,1-4H2,(H2,12,14,15)/t11-;10-;6-/m111/s1. The number of nitrogen functional groups attached to an aromatic ring is 3. The molecule has 60 heavy (non-hydrogen) atoms. The minimum Gasteiger partial charge on any atom is -0.383 e. The fourth-order valence-corrected chi connectivity index (χ4v) is 8.89. The van der Waals surface area contributed by atoms with Crippen LogP contribution in [0, 0.1) is 13.8 Å². The van der Waals surface area contributed by atoms with Crippen molar-refractivity contribution in [3.8, 4) is 0 Å². The zero-order chi connectivity index (χ0) is 42.5. The van der Waals surface area contributed by atoms with Gasteiger partial charge in [0.2, 0.25) is 11.8 Å². The van der Waals surface area contributed by atoms with E-state index < -0.39 is 0 Å². The molecule has 0 aromatic carbocycles. The fraction of sp³-hybridized carbons (Fsp3) is 0.513. The molecule has 9 rings (SSSR count). The highest BCUT2D eigenvalue weighted by Crippen LogP contribution is 2.31. The summed E-state index contributed by atoms with van der Waals surface area (Å²) >= 11 is 3.42. The third-order valence-corrected chi connectivity index (χ3v) is 11.8. The number of nitrogens with one attached hydrogen (secondary N) is 1. The Kier molecular flexibility index (Phi) is 13.1. The number of fused-ring (bicyclic) bond motifs is 3. The van der Waals surface area contributed by atoms with E-state index in [9.17, 15) is 9.59 Å². The van der Waals surface area contributed by atoms with Crippen molar-refractivity contribution in [2.75, 3.05) is 56.5 Å². The summed E-state index contributed by atoms with van der Waals surface area (Å²) in [6.45, 7) is 14.3. The maximum absolute atomic E-state index is 12.1. The van der Waals surface area contributed by atoms with Crippen LogP contribution in [0.1, 0.15) is 87.8 Å². The number of nitrogens with zero attached hydrogens (tertiary/aromatic N) is 14. The van der Waals surface area contributed by atoms with Gasteiger partial charge in [0.1, 0.15) is 41.0 Å². The van der Waals surface area contributed by atoms with E-state index in [0.717, 1.165) is 120 Å². The molecular formula is C39H53BrN18O2. The summed E-state index contributed by atoms with van der Waals surface area (Å²) in [6, 6.07) is 0.597. The molecule has 20 nitrogen and oxygen atoms in total. The van der Waals surface area contributed by atoms with Crippen molar-refractivity contribution in [1.82, 2.24) is 74.4 Å². The van der Waals surface area contributed by atoms with Crippen molar-refractivity contribution in [3.63, 3.8) is 0 Å². The van der Waals surface area contributed by atoms with E-state index in [0.29, 0.717) is 43.0 Å². The molecule has 3 fully saturated rings. The summed E-state index contributed by atoms with van der Waals surface area (Å²) in [6.07, 6.45) is 13.4. The van der Waals surface area contributed by atoms with E-state index in [1.165, 1.54) is 25.1 Å². The van der Waals surface area contributed by atoms with E-state index >= 15 is 0 Å². The van der Waals surface area contributed by atoms with Crippen LogP contribution in [0.5, 0.6) is 0 Å². The lowest BCUT2D eigenvalue weighted by Gasteiger charge is -2.33. The molecule has 3 aliphatic heterocycles. The number of hydrogen-bond donors (Lipinski definition) is 4. The number of piperidine rings is 3. The number of amides is 2. The molecule has 0 saturated carbocycles. The third kappa shape index (κ3) is 8.72. The number of carbonyl (C=O) groups excluding carboxylic acids is 2. The predicted molar refractivity (Wildman–Crippen MR) is 232 cm³/mol. The van der Waals surface area contributed by atoms with Gasteiger partial charge in [0.15, 0.2) is 16.9 Å². The van der Waals surface area contributed by atoms with Gasteiger partial charge in [-0.05, 0) is 87.3 Å². The zero-order valence-corrected chi connectivity index (χ0v) is 35.9. The molecule has 3 aliphatic rings. The number of carbonyl (C=O) groups is 2. The highest BCUT2D eigenvalue weighted by molar-refractivity contribution is 9.10. The molecule has 0 spiro atoms. The smallest absolute Gasteiger partial charge is 0.246 e. The molecule has 0 bridgehead atoms. The minimum atomic E-state index is -0.0398. The van der Waals surface area contributed by atoms with Gasteiger partial charge in [-0.3, -0.25) is 9.59 Å². The topological polar surface area (TPSA) is 262 Å².